The average Bonchev–Trinajstić information content (AvgIpc) is 2.71. The zero-order valence-corrected chi connectivity index (χ0v) is 17.7. The van der Waals surface area contributed by atoms with Gasteiger partial charge in [-0.05, 0) is 30.5 Å². The van der Waals surface area contributed by atoms with Crippen molar-refractivity contribution in [3.8, 4) is 0 Å². The number of amides is 2. The molecule has 3 rings (SSSR count). The second-order valence-corrected chi connectivity index (χ2v) is 7.54. The maximum atomic E-state index is 12.3. The SMILES string of the molecule is CCC(c1ccc(Br)cc1)N1CCC(CCC(N)=O)OC1=O.c1ccccc1. The fourth-order valence-electron chi connectivity index (χ4n) is 3.14. The fourth-order valence-corrected chi connectivity index (χ4v) is 3.40. The Labute approximate surface area is 175 Å². The largest absolute Gasteiger partial charge is 0.446 e. The summed E-state index contributed by atoms with van der Waals surface area (Å²) in [5.41, 5.74) is 6.23. The Kier molecular flexibility index (Phi) is 9.01. The van der Waals surface area contributed by atoms with Crippen LogP contribution in [0.4, 0.5) is 4.79 Å². The van der Waals surface area contributed by atoms with Gasteiger partial charge in [-0.25, -0.2) is 4.79 Å². The Morgan fingerprint density at radius 1 is 1.18 bits per heavy atom. The van der Waals surface area contributed by atoms with Crippen LogP contribution in [0.1, 0.15) is 44.2 Å². The van der Waals surface area contributed by atoms with E-state index in [0.717, 1.165) is 22.9 Å². The van der Waals surface area contributed by atoms with Crippen LogP contribution in [0.3, 0.4) is 0 Å². The Balaban J connectivity index is 0.000000397. The minimum absolute atomic E-state index is 0.0118. The molecular formula is C22H27BrN2O3. The molecule has 0 aromatic heterocycles. The minimum atomic E-state index is -0.361. The number of carbonyl (C=O) groups is 2. The van der Waals surface area contributed by atoms with Crippen molar-refractivity contribution in [2.45, 2.75) is 44.8 Å². The van der Waals surface area contributed by atoms with Gasteiger partial charge < -0.3 is 15.4 Å². The predicted molar refractivity (Wildman–Crippen MR) is 114 cm³/mol. The van der Waals surface area contributed by atoms with Gasteiger partial charge in [-0.1, -0.05) is 71.4 Å². The molecule has 0 spiro atoms. The molecule has 28 heavy (non-hydrogen) atoms. The van der Waals surface area contributed by atoms with E-state index in [2.05, 4.69) is 22.9 Å². The van der Waals surface area contributed by atoms with Crippen molar-refractivity contribution in [2.75, 3.05) is 6.54 Å². The van der Waals surface area contributed by atoms with Gasteiger partial charge in [0.25, 0.3) is 0 Å². The Hall–Kier alpha value is -2.34. The van der Waals surface area contributed by atoms with Crippen molar-refractivity contribution in [3.05, 3.63) is 70.7 Å². The third-order valence-corrected chi connectivity index (χ3v) is 5.12. The predicted octanol–water partition coefficient (Wildman–Crippen LogP) is 5.06. The summed E-state index contributed by atoms with van der Waals surface area (Å²) in [6.07, 6.45) is 1.79. The van der Waals surface area contributed by atoms with E-state index in [-0.39, 0.29) is 30.6 Å². The molecule has 2 aromatic rings. The van der Waals surface area contributed by atoms with E-state index in [1.165, 1.54) is 0 Å². The van der Waals surface area contributed by atoms with Crippen molar-refractivity contribution >= 4 is 27.9 Å². The summed E-state index contributed by atoms with van der Waals surface area (Å²) in [7, 11) is 0. The van der Waals surface area contributed by atoms with Crippen molar-refractivity contribution in [3.63, 3.8) is 0 Å². The molecule has 1 aliphatic rings. The molecule has 0 saturated carbocycles. The van der Waals surface area contributed by atoms with Crippen LogP contribution in [0.15, 0.2) is 65.1 Å². The molecule has 2 amide bonds. The maximum Gasteiger partial charge on any atom is 0.410 e. The second kappa shape index (κ2) is 11.5. The van der Waals surface area contributed by atoms with Gasteiger partial charge in [-0.15, -0.1) is 0 Å². The average molecular weight is 447 g/mol. The highest BCUT2D eigenvalue weighted by Gasteiger charge is 2.32. The Morgan fingerprint density at radius 2 is 1.75 bits per heavy atom. The highest BCUT2D eigenvalue weighted by Crippen LogP contribution is 2.29. The number of nitrogens with zero attached hydrogens (tertiary/aromatic N) is 1. The number of rotatable bonds is 6. The number of carbonyl (C=O) groups excluding carboxylic acids is 2. The lowest BCUT2D eigenvalue weighted by atomic mass is 10.0. The molecule has 1 saturated heterocycles. The van der Waals surface area contributed by atoms with E-state index in [9.17, 15) is 9.59 Å². The molecule has 6 heteroatoms. The number of hydrogen-bond acceptors (Lipinski definition) is 3. The normalized spacial score (nSPS) is 17.1. The van der Waals surface area contributed by atoms with Gasteiger partial charge in [-0.2, -0.15) is 0 Å². The number of ether oxygens (including phenoxy) is 1. The lowest BCUT2D eigenvalue weighted by molar-refractivity contribution is -0.118. The monoisotopic (exact) mass is 446 g/mol. The fraction of sp³-hybridized carbons (Fsp3) is 0.364. The van der Waals surface area contributed by atoms with Crippen molar-refractivity contribution < 1.29 is 14.3 Å². The molecule has 0 radical (unpaired) electrons. The number of halogens is 1. The molecule has 1 fully saturated rings. The highest BCUT2D eigenvalue weighted by molar-refractivity contribution is 9.10. The summed E-state index contributed by atoms with van der Waals surface area (Å²) in [6, 6.07) is 20.0. The van der Waals surface area contributed by atoms with E-state index in [1.807, 2.05) is 60.7 Å². The van der Waals surface area contributed by atoms with Gasteiger partial charge in [0.2, 0.25) is 5.91 Å². The molecule has 2 N–H and O–H groups in total. The van der Waals surface area contributed by atoms with E-state index < -0.39 is 0 Å². The zero-order valence-electron chi connectivity index (χ0n) is 16.1. The van der Waals surface area contributed by atoms with Crippen molar-refractivity contribution in [2.24, 2.45) is 5.73 Å². The van der Waals surface area contributed by atoms with E-state index in [4.69, 9.17) is 10.5 Å². The first-order chi connectivity index (χ1) is 13.5. The van der Waals surface area contributed by atoms with Gasteiger partial charge in [0, 0.05) is 23.9 Å². The molecule has 2 unspecified atom stereocenters. The van der Waals surface area contributed by atoms with Crippen molar-refractivity contribution in [1.82, 2.24) is 4.90 Å². The topological polar surface area (TPSA) is 72.6 Å². The smallest absolute Gasteiger partial charge is 0.410 e. The summed E-state index contributed by atoms with van der Waals surface area (Å²) >= 11 is 3.42. The number of nitrogens with two attached hydrogens (primary N) is 1. The van der Waals surface area contributed by atoms with Crippen LogP contribution in [-0.2, 0) is 9.53 Å². The number of primary amides is 1. The van der Waals surface area contributed by atoms with Gasteiger partial charge in [0.15, 0.2) is 0 Å². The molecule has 0 bridgehead atoms. The van der Waals surface area contributed by atoms with E-state index in [0.29, 0.717) is 13.0 Å². The lowest BCUT2D eigenvalue weighted by Gasteiger charge is -2.37. The van der Waals surface area contributed by atoms with E-state index >= 15 is 0 Å². The highest BCUT2D eigenvalue weighted by atomic mass is 79.9. The summed E-state index contributed by atoms with van der Waals surface area (Å²) < 4.78 is 6.46. The molecule has 1 heterocycles. The van der Waals surface area contributed by atoms with Crippen LogP contribution in [-0.4, -0.2) is 29.5 Å². The van der Waals surface area contributed by atoms with Crippen LogP contribution >= 0.6 is 15.9 Å². The van der Waals surface area contributed by atoms with Crippen molar-refractivity contribution in [1.29, 1.82) is 0 Å². The zero-order chi connectivity index (χ0) is 20.4. The van der Waals surface area contributed by atoms with Gasteiger partial charge in [-0.3, -0.25) is 4.79 Å². The Bertz CT molecular complexity index is 710. The third kappa shape index (κ3) is 7.00. The number of benzene rings is 2. The Morgan fingerprint density at radius 3 is 2.21 bits per heavy atom. The van der Waals surface area contributed by atoms with Crippen LogP contribution in [0, 0.1) is 0 Å². The van der Waals surface area contributed by atoms with Crippen LogP contribution < -0.4 is 5.73 Å². The lowest BCUT2D eigenvalue weighted by Crippen LogP contribution is -2.44. The van der Waals surface area contributed by atoms with E-state index in [1.54, 1.807) is 4.90 Å². The van der Waals surface area contributed by atoms with Crippen LogP contribution in [0.5, 0.6) is 0 Å². The number of cyclic esters (lactones) is 1. The first kappa shape index (κ1) is 22.0. The molecule has 0 aliphatic carbocycles. The molecule has 2 atom stereocenters. The molecule has 150 valence electrons. The second-order valence-electron chi connectivity index (χ2n) is 6.62. The number of hydrogen-bond donors (Lipinski definition) is 1. The first-order valence-corrected chi connectivity index (χ1v) is 10.3. The molecular weight excluding hydrogens is 420 g/mol. The molecule has 2 aromatic carbocycles. The summed E-state index contributed by atoms with van der Waals surface area (Å²) in [5.74, 6) is -0.361. The molecule has 5 nitrogen and oxygen atoms in total. The van der Waals surface area contributed by atoms with Crippen LogP contribution in [0.2, 0.25) is 0 Å². The molecule has 1 aliphatic heterocycles. The summed E-state index contributed by atoms with van der Waals surface area (Å²) in [6.45, 7) is 2.69. The van der Waals surface area contributed by atoms with Gasteiger partial charge in [0.1, 0.15) is 6.10 Å². The first-order valence-electron chi connectivity index (χ1n) is 9.52. The maximum absolute atomic E-state index is 12.3. The van der Waals surface area contributed by atoms with Crippen LogP contribution in [0.25, 0.3) is 0 Å². The van der Waals surface area contributed by atoms with Gasteiger partial charge >= 0.3 is 6.09 Å². The standard InChI is InChI=1S/C16H21BrN2O3.C6H6/c1-2-14(11-3-5-12(17)6-4-11)19-10-9-13(22-16(19)21)7-8-15(18)20;1-2-4-6-5-3-1/h3-6,13-14H,2,7-10H2,1H3,(H2,18,20);1-6H. The summed E-state index contributed by atoms with van der Waals surface area (Å²) in [5, 5.41) is 0. The van der Waals surface area contributed by atoms with Gasteiger partial charge in [0.05, 0.1) is 6.04 Å². The minimum Gasteiger partial charge on any atom is -0.446 e. The summed E-state index contributed by atoms with van der Waals surface area (Å²) in [4.78, 5) is 24.9. The third-order valence-electron chi connectivity index (χ3n) is 4.59. The quantitative estimate of drug-likeness (QED) is 0.673.